The first-order chi connectivity index (χ1) is 20.4. The van der Waals surface area contributed by atoms with Crippen LogP contribution in [0.15, 0.2) is 108 Å². The molecule has 5 rings (SSSR count). The molecule has 1 aromatic heterocycles. The minimum absolute atomic E-state index is 0.0182. The van der Waals surface area contributed by atoms with Gasteiger partial charge in [0.25, 0.3) is 11.5 Å². The number of nitrogens with zero attached hydrogens (tertiary/aromatic N) is 1. The van der Waals surface area contributed by atoms with Crippen LogP contribution in [0.5, 0.6) is 5.75 Å². The lowest BCUT2D eigenvalue weighted by Crippen LogP contribution is -2.34. The molecular formula is C35H33N3O4. The number of rotatable bonds is 10. The fraction of sp³-hybridized carbons (Fsp3) is 0.171. The molecule has 0 saturated heterocycles. The number of hydrogen-bond donors (Lipinski definition) is 2. The standard InChI is InChI=1S/C35H33N3O4/c1-24-11-13-25(14-12-24)19-20-36-34(40)30-22-29-31(37-33(39)21-26-7-4-3-5-8-26)9-6-10-32(29)38(35(30)41)23-27-15-17-28(42-2)18-16-27/h3-18,22H,19-21,23H2,1-2H3,(H,36,40)(H,37,39). The first-order valence-electron chi connectivity index (χ1n) is 13.9. The highest BCUT2D eigenvalue weighted by Crippen LogP contribution is 2.25. The van der Waals surface area contributed by atoms with Gasteiger partial charge < -0.3 is 19.9 Å². The van der Waals surface area contributed by atoms with Crippen molar-refractivity contribution in [2.75, 3.05) is 19.0 Å². The number of hydrogen-bond acceptors (Lipinski definition) is 4. The van der Waals surface area contributed by atoms with Gasteiger partial charge in [-0.2, -0.15) is 0 Å². The van der Waals surface area contributed by atoms with E-state index in [1.807, 2.05) is 91.9 Å². The third-order valence-corrected chi connectivity index (χ3v) is 7.18. The van der Waals surface area contributed by atoms with Crippen molar-refractivity contribution >= 4 is 28.4 Å². The van der Waals surface area contributed by atoms with E-state index in [4.69, 9.17) is 4.74 Å². The van der Waals surface area contributed by atoms with Crippen molar-refractivity contribution in [3.05, 3.63) is 141 Å². The second-order valence-corrected chi connectivity index (χ2v) is 10.2. The van der Waals surface area contributed by atoms with Crippen LogP contribution < -0.4 is 20.9 Å². The number of fused-ring (bicyclic) bond motifs is 1. The van der Waals surface area contributed by atoms with Crippen molar-refractivity contribution in [2.45, 2.75) is 26.3 Å². The summed E-state index contributed by atoms with van der Waals surface area (Å²) in [7, 11) is 1.60. The minimum Gasteiger partial charge on any atom is -0.497 e. The molecule has 0 aliphatic heterocycles. The zero-order chi connectivity index (χ0) is 29.5. The quantitative estimate of drug-likeness (QED) is 0.236. The number of ether oxygens (including phenoxy) is 1. The fourth-order valence-electron chi connectivity index (χ4n) is 4.89. The van der Waals surface area contributed by atoms with Crippen molar-refractivity contribution in [3.63, 3.8) is 0 Å². The second kappa shape index (κ2) is 13.0. The molecule has 0 unspecified atom stereocenters. The number of carbonyl (C=O) groups is 2. The van der Waals surface area contributed by atoms with Crippen molar-refractivity contribution in [2.24, 2.45) is 0 Å². The van der Waals surface area contributed by atoms with Crippen LogP contribution in [-0.2, 0) is 24.2 Å². The Hall–Kier alpha value is -5.17. The predicted molar refractivity (Wildman–Crippen MR) is 166 cm³/mol. The minimum atomic E-state index is -0.456. The lowest BCUT2D eigenvalue weighted by molar-refractivity contribution is -0.115. The zero-order valence-corrected chi connectivity index (χ0v) is 23.7. The molecular weight excluding hydrogens is 526 g/mol. The van der Waals surface area contributed by atoms with Crippen LogP contribution >= 0.6 is 0 Å². The maximum absolute atomic E-state index is 13.8. The van der Waals surface area contributed by atoms with Crippen molar-refractivity contribution < 1.29 is 14.3 Å². The third kappa shape index (κ3) is 6.75. The lowest BCUT2D eigenvalue weighted by atomic mass is 10.1. The maximum atomic E-state index is 13.8. The highest BCUT2D eigenvalue weighted by Gasteiger charge is 2.18. The number of aromatic nitrogens is 1. The van der Waals surface area contributed by atoms with E-state index in [2.05, 4.69) is 10.6 Å². The fourth-order valence-corrected chi connectivity index (χ4v) is 4.89. The molecule has 42 heavy (non-hydrogen) atoms. The summed E-state index contributed by atoms with van der Waals surface area (Å²) in [5.41, 5.74) is 4.79. The molecule has 0 aliphatic carbocycles. The molecule has 212 valence electrons. The van der Waals surface area contributed by atoms with Crippen molar-refractivity contribution in [1.29, 1.82) is 0 Å². The third-order valence-electron chi connectivity index (χ3n) is 7.18. The predicted octanol–water partition coefficient (Wildman–Crippen LogP) is 5.52. The Bertz CT molecular complexity index is 1760. The smallest absolute Gasteiger partial charge is 0.264 e. The van der Waals surface area contributed by atoms with Gasteiger partial charge in [-0.1, -0.05) is 78.4 Å². The van der Waals surface area contributed by atoms with Crippen molar-refractivity contribution in [3.8, 4) is 5.75 Å². The van der Waals surface area contributed by atoms with E-state index in [9.17, 15) is 14.4 Å². The van der Waals surface area contributed by atoms with Gasteiger partial charge in [-0.3, -0.25) is 14.4 Å². The van der Waals surface area contributed by atoms with Gasteiger partial charge in [0.05, 0.1) is 31.3 Å². The number of benzene rings is 4. The molecule has 1 heterocycles. The number of pyridine rings is 1. The summed E-state index contributed by atoms with van der Waals surface area (Å²) in [6.45, 7) is 2.65. The molecule has 7 heteroatoms. The van der Waals surface area contributed by atoms with Gasteiger partial charge in [-0.05, 0) is 60.4 Å². The number of methoxy groups -OCH3 is 1. The Balaban J connectivity index is 1.48. The topological polar surface area (TPSA) is 89.4 Å². The molecule has 0 radical (unpaired) electrons. The molecule has 0 fully saturated rings. The molecule has 0 bridgehead atoms. The summed E-state index contributed by atoms with van der Waals surface area (Å²) in [4.78, 5) is 40.1. The van der Waals surface area contributed by atoms with Gasteiger partial charge >= 0.3 is 0 Å². The van der Waals surface area contributed by atoms with E-state index in [0.29, 0.717) is 35.3 Å². The zero-order valence-electron chi connectivity index (χ0n) is 23.7. The highest BCUT2D eigenvalue weighted by atomic mass is 16.5. The Morgan fingerprint density at radius 2 is 1.52 bits per heavy atom. The molecule has 0 aliphatic rings. The second-order valence-electron chi connectivity index (χ2n) is 10.2. The largest absolute Gasteiger partial charge is 0.497 e. The molecule has 0 saturated carbocycles. The number of anilines is 1. The summed E-state index contributed by atoms with van der Waals surface area (Å²) in [6.07, 6.45) is 0.843. The molecule has 5 aromatic rings. The van der Waals surface area contributed by atoms with Gasteiger partial charge in [-0.15, -0.1) is 0 Å². The SMILES string of the molecule is COc1ccc(Cn2c(=O)c(C(=O)NCCc3ccc(C)cc3)cc3c(NC(=O)Cc4ccccc4)cccc32)cc1. The van der Waals surface area contributed by atoms with E-state index < -0.39 is 11.5 Å². The molecule has 0 spiro atoms. The molecule has 0 atom stereocenters. The van der Waals surface area contributed by atoms with E-state index >= 15 is 0 Å². The Kier molecular flexibility index (Phi) is 8.78. The summed E-state index contributed by atoms with van der Waals surface area (Å²) in [6, 6.07) is 32.0. The van der Waals surface area contributed by atoms with Gasteiger partial charge in [-0.25, -0.2) is 0 Å². The van der Waals surface area contributed by atoms with Gasteiger partial charge in [0.2, 0.25) is 5.91 Å². The molecule has 2 amide bonds. The lowest BCUT2D eigenvalue weighted by Gasteiger charge is -2.16. The first-order valence-corrected chi connectivity index (χ1v) is 13.9. The van der Waals surface area contributed by atoms with Crippen LogP contribution in [0.1, 0.15) is 32.6 Å². The average molecular weight is 560 g/mol. The van der Waals surface area contributed by atoms with Crippen LogP contribution in [0, 0.1) is 6.92 Å². The monoisotopic (exact) mass is 559 g/mol. The average Bonchev–Trinajstić information content (AvgIpc) is 3.00. The van der Waals surface area contributed by atoms with Crippen LogP contribution in [-0.4, -0.2) is 30.0 Å². The normalized spacial score (nSPS) is 10.8. The number of carbonyl (C=O) groups excluding carboxylic acids is 2. The summed E-state index contributed by atoms with van der Waals surface area (Å²) < 4.78 is 6.85. The van der Waals surface area contributed by atoms with Crippen LogP contribution in [0.4, 0.5) is 5.69 Å². The van der Waals surface area contributed by atoms with Crippen LogP contribution in [0.2, 0.25) is 0 Å². The number of nitrogens with one attached hydrogen (secondary N) is 2. The summed E-state index contributed by atoms with van der Waals surface area (Å²) in [5, 5.41) is 6.51. The molecule has 2 N–H and O–H groups in total. The first kappa shape index (κ1) is 28.4. The molecule has 4 aromatic carbocycles. The Labute approximate surface area is 244 Å². The van der Waals surface area contributed by atoms with Crippen molar-refractivity contribution in [1.82, 2.24) is 9.88 Å². The van der Waals surface area contributed by atoms with E-state index in [1.54, 1.807) is 29.9 Å². The molecule has 7 nitrogen and oxygen atoms in total. The summed E-state index contributed by atoms with van der Waals surface area (Å²) in [5.74, 6) is 0.0645. The Morgan fingerprint density at radius 3 is 2.24 bits per heavy atom. The Morgan fingerprint density at radius 1 is 0.810 bits per heavy atom. The van der Waals surface area contributed by atoms with Crippen LogP contribution in [0.3, 0.4) is 0 Å². The highest BCUT2D eigenvalue weighted by molar-refractivity contribution is 6.05. The van der Waals surface area contributed by atoms with Crippen LogP contribution in [0.25, 0.3) is 10.9 Å². The van der Waals surface area contributed by atoms with Gasteiger partial charge in [0, 0.05) is 11.9 Å². The maximum Gasteiger partial charge on any atom is 0.264 e. The van der Waals surface area contributed by atoms with E-state index in [1.165, 1.54) is 5.56 Å². The number of aryl methyl sites for hydroxylation is 1. The summed E-state index contributed by atoms with van der Waals surface area (Å²) >= 11 is 0. The van der Waals surface area contributed by atoms with E-state index in [0.717, 1.165) is 16.7 Å². The number of amides is 2. The van der Waals surface area contributed by atoms with Gasteiger partial charge in [0.15, 0.2) is 0 Å². The van der Waals surface area contributed by atoms with E-state index in [-0.39, 0.29) is 24.4 Å². The van der Waals surface area contributed by atoms with Gasteiger partial charge in [0.1, 0.15) is 11.3 Å².